The summed E-state index contributed by atoms with van der Waals surface area (Å²) in [7, 11) is 0. The van der Waals surface area contributed by atoms with Gasteiger partial charge in [0.15, 0.2) is 0 Å². The Morgan fingerprint density at radius 1 is 1.35 bits per heavy atom. The molecule has 2 fully saturated rings. The molecule has 0 aromatic carbocycles. The zero-order valence-electron chi connectivity index (χ0n) is 12.8. The van der Waals surface area contributed by atoms with Gasteiger partial charge in [0, 0.05) is 26.3 Å². The van der Waals surface area contributed by atoms with Crippen molar-refractivity contribution >= 4 is 23.1 Å². The number of amides is 1. The number of nitrogens with two attached hydrogens (primary N) is 1. The Balaban J connectivity index is 2.12. The van der Waals surface area contributed by atoms with Crippen molar-refractivity contribution in [2.24, 2.45) is 22.5 Å². The van der Waals surface area contributed by atoms with Crippen LogP contribution < -0.4 is 5.73 Å². The fourth-order valence-electron chi connectivity index (χ4n) is 3.24. The number of nitrogens with zero attached hydrogens (tertiary/aromatic N) is 1. The highest BCUT2D eigenvalue weighted by Gasteiger charge is 2.47. The van der Waals surface area contributed by atoms with Crippen LogP contribution in [-0.4, -0.2) is 42.1 Å². The first-order valence-electron chi connectivity index (χ1n) is 7.44. The summed E-state index contributed by atoms with van der Waals surface area (Å²) >= 11 is 5.22. The second-order valence-electron chi connectivity index (χ2n) is 7.16. The molecule has 2 N–H and O–H groups in total. The topological polar surface area (TPSA) is 55.6 Å². The van der Waals surface area contributed by atoms with Crippen LogP contribution in [0.1, 0.15) is 40.0 Å². The monoisotopic (exact) mass is 298 g/mol. The lowest BCUT2D eigenvalue weighted by Crippen LogP contribution is -2.52. The number of hydrogen-bond acceptors (Lipinski definition) is 3. The van der Waals surface area contributed by atoms with Crippen LogP contribution >= 0.6 is 12.2 Å². The molecular weight excluding hydrogens is 272 g/mol. The maximum atomic E-state index is 12.9. The third-order valence-electron chi connectivity index (χ3n) is 4.93. The molecule has 1 amide bonds. The minimum atomic E-state index is -0.666. The number of carbonyl (C=O) groups is 1. The lowest BCUT2D eigenvalue weighted by atomic mass is 9.78. The highest BCUT2D eigenvalue weighted by atomic mass is 32.1. The van der Waals surface area contributed by atoms with E-state index in [0.717, 1.165) is 19.5 Å². The molecule has 20 heavy (non-hydrogen) atoms. The van der Waals surface area contributed by atoms with Crippen molar-refractivity contribution in [3.8, 4) is 0 Å². The van der Waals surface area contributed by atoms with E-state index in [1.165, 1.54) is 0 Å². The van der Waals surface area contributed by atoms with E-state index < -0.39 is 5.41 Å². The quantitative estimate of drug-likeness (QED) is 0.792. The van der Waals surface area contributed by atoms with Crippen LogP contribution in [0.3, 0.4) is 0 Å². The first-order chi connectivity index (χ1) is 9.27. The van der Waals surface area contributed by atoms with Crippen LogP contribution in [0.2, 0.25) is 0 Å². The van der Waals surface area contributed by atoms with Crippen LogP contribution in [0.4, 0.5) is 0 Å². The van der Waals surface area contributed by atoms with E-state index in [4.69, 9.17) is 22.7 Å². The second kappa shape index (κ2) is 5.60. The van der Waals surface area contributed by atoms with Gasteiger partial charge >= 0.3 is 0 Å². The first kappa shape index (κ1) is 15.7. The molecule has 1 unspecified atom stereocenters. The minimum absolute atomic E-state index is 0.125. The van der Waals surface area contributed by atoms with Crippen LogP contribution in [0.15, 0.2) is 0 Å². The van der Waals surface area contributed by atoms with E-state index in [-0.39, 0.29) is 11.3 Å². The third kappa shape index (κ3) is 2.84. The predicted molar refractivity (Wildman–Crippen MR) is 83.4 cm³/mol. The Morgan fingerprint density at radius 2 is 1.95 bits per heavy atom. The molecule has 0 saturated carbocycles. The molecule has 0 aliphatic carbocycles. The van der Waals surface area contributed by atoms with Crippen molar-refractivity contribution < 1.29 is 9.53 Å². The molecule has 2 heterocycles. The smallest absolute Gasteiger partial charge is 0.235 e. The highest BCUT2D eigenvalue weighted by molar-refractivity contribution is 7.80. The summed E-state index contributed by atoms with van der Waals surface area (Å²) in [5.41, 5.74) is 5.49. The van der Waals surface area contributed by atoms with Crippen molar-refractivity contribution in [3.63, 3.8) is 0 Å². The van der Waals surface area contributed by atoms with E-state index in [2.05, 4.69) is 20.8 Å². The zero-order valence-corrected chi connectivity index (χ0v) is 13.6. The maximum absolute atomic E-state index is 12.9. The van der Waals surface area contributed by atoms with Crippen LogP contribution in [0.25, 0.3) is 0 Å². The summed E-state index contributed by atoms with van der Waals surface area (Å²) in [6.07, 6.45) is 2.31. The van der Waals surface area contributed by atoms with Gasteiger partial charge in [0.2, 0.25) is 5.91 Å². The van der Waals surface area contributed by atoms with Crippen LogP contribution in [0, 0.1) is 16.7 Å². The maximum Gasteiger partial charge on any atom is 0.235 e. The lowest BCUT2D eigenvalue weighted by Gasteiger charge is -2.38. The van der Waals surface area contributed by atoms with E-state index in [0.29, 0.717) is 37.0 Å². The second-order valence-corrected chi connectivity index (χ2v) is 7.60. The Kier molecular flexibility index (Phi) is 4.40. The van der Waals surface area contributed by atoms with E-state index in [1.807, 2.05) is 4.90 Å². The van der Waals surface area contributed by atoms with E-state index >= 15 is 0 Å². The van der Waals surface area contributed by atoms with E-state index in [1.54, 1.807) is 0 Å². The summed E-state index contributed by atoms with van der Waals surface area (Å²) in [6.45, 7) is 9.51. The van der Waals surface area contributed by atoms with Gasteiger partial charge in [-0.05, 0) is 30.6 Å². The average Bonchev–Trinajstić information content (AvgIpc) is 2.88. The molecule has 0 radical (unpaired) electrons. The number of rotatable bonds is 2. The molecule has 2 aliphatic heterocycles. The van der Waals surface area contributed by atoms with Gasteiger partial charge in [-0.2, -0.15) is 0 Å². The van der Waals surface area contributed by atoms with Gasteiger partial charge in [-0.15, -0.1) is 0 Å². The third-order valence-corrected chi connectivity index (χ3v) is 5.32. The molecule has 0 aromatic heterocycles. The molecule has 1 atom stereocenters. The van der Waals surface area contributed by atoms with Crippen LogP contribution in [-0.2, 0) is 9.53 Å². The normalized spacial score (nSPS) is 26.6. The largest absolute Gasteiger partial charge is 0.392 e. The number of hydrogen-bond donors (Lipinski definition) is 1. The molecule has 0 bridgehead atoms. The molecule has 4 nitrogen and oxygen atoms in total. The van der Waals surface area contributed by atoms with Crippen molar-refractivity contribution in [3.05, 3.63) is 0 Å². The van der Waals surface area contributed by atoms with E-state index in [9.17, 15) is 4.79 Å². The van der Waals surface area contributed by atoms with Gasteiger partial charge < -0.3 is 15.4 Å². The standard InChI is InChI=1S/C15H26N2O2S/c1-14(2,3)11-4-7-17(10-11)13(18)15(12(16)20)5-8-19-9-6-15/h11H,4-10H2,1-3H3,(H2,16,20). The van der Waals surface area contributed by atoms with Crippen molar-refractivity contribution in [2.45, 2.75) is 40.0 Å². The molecular formula is C15H26N2O2S. The summed E-state index contributed by atoms with van der Waals surface area (Å²) in [6, 6.07) is 0. The van der Waals surface area contributed by atoms with Crippen molar-refractivity contribution in [1.82, 2.24) is 4.90 Å². The Hall–Kier alpha value is -0.680. The SMILES string of the molecule is CC(C)(C)C1CCN(C(=O)C2(C(N)=S)CCOCC2)C1. The molecule has 5 heteroatoms. The summed E-state index contributed by atoms with van der Waals surface area (Å²) in [4.78, 5) is 15.2. The van der Waals surface area contributed by atoms with Gasteiger partial charge in [-0.3, -0.25) is 4.79 Å². The fraction of sp³-hybridized carbons (Fsp3) is 0.867. The molecule has 2 rings (SSSR count). The minimum Gasteiger partial charge on any atom is -0.392 e. The lowest BCUT2D eigenvalue weighted by molar-refractivity contribution is -0.141. The predicted octanol–water partition coefficient (Wildman–Crippen LogP) is 1.96. The molecule has 114 valence electrons. The van der Waals surface area contributed by atoms with Gasteiger partial charge in [-0.1, -0.05) is 33.0 Å². The number of carbonyl (C=O) groups excluding carboxylic acids is 1. The summed E-state index contributed by atoms with van der Waals surface area (Å²) in [5.74, 6) is 0.676. The van der Waals surface area contributed by atoms with Crippen molar-refractivity contribution in [1.29, 1.82) is 0 Å². The van der Waals surface area contributed by atoms with Gasteiger partial charge in [-0.25, -0.2) is 0 Å². The average molecular weight is 298 g/mol. The first-order valence-corrected chi connectivity index (χ1v) is 7.85. The molecule has 2 aliphatic rings. The fourth-order valence-corrected chi connectivity index (χ4v) is 3.53. The zero-order chi connectivity index (χ0) is 15.0. The summed E-state index contributed by atoms with van der Waals surface area (Å²) < 4.78 is 5.38. The molecule has 2 saturated heterocycles. The number of likely N-dealkylation sites (tertiary alicyclic amines) is 1. The Labute approximate surface area is 127 Å². The highest BCUT2D eigenvalue weighted by Crippen LogP contribution is 2.38. The Morgan fingerprint density at radius 3 is 2.40 bits per heavy atom. The van der Waals surface area contributed by atoms with Gasteiger partial charge in [0.1, 0.15) is 5.41 Å². The molecule has 0 spiro atoms. The van der Waals surface area contributed by atoms with Gasteiger partial charge in [0.25, 0.3) is 0 Å². The number of ether oxygens (including phenoxy) is 1. The van der Waals surface area contributed by atoms with Crippen molar-refractivity contribution in [2.75, 3.05) is 26.3 Å². The number of thiocarbonyl (C=S) groups is 1. The Bertz CT molecular complexity index is 397. The van der Waals surface area contributed by atoms with Gasteiger partial charge in [0.05, 0.1) is 4.99 Å². The summed E-state index contributed by atoms with van der Waals surface area (Å²) in [5, 5.41) is 0. The van der Waals surface area contributed by atoms with Crippen LogP contribution in [0.5, 0.6) is 0 Å². The molecule has 0 aromatic rings.